The van der Waals surface area contributed by atoms with Crippen molar-refractivity contribution in [3.05, 3.63) is 47.3 Å². The summed E-state index contributed by atoms with van der Waals surface area (Å²) in [6.07, 6.45) is 2.48. The standard InChI is InChI=1S/C14H18N4O/c1-3-13-12(9-18(2)17-13)14(19)16-8-10-5-4-6-11(15)7-10/h4-7,9H,3,8,15H2,1-2H3,(H,16,19). The molecule has 1 aromatic carbocycles. The van der Waals surface area contributed by atoms with E-state index in [-0.39, 0.29) is 5.91 Å². The van der Waals surface area contributed by atoms with E-state index in [2.05, 4.69) is 10.4 Å². The zero-order valence-corrected chi connectivity index (χ0v) is 11.2. The molecule has 0 spiro atoms. The molecule has 100 valence electrons. The fraction of sp³-hybridized carbons (Fsp3) is 0.286. The SMILES string of the molecule is CCc1nn(C)cc1C(=O)NCc1cccc(N)c1. The molecule has 0 unspecified atom stereocenters. The van der Waals surface area contributed by atoms with Crippen LogP contribution in [0.4, 0.5) is 5.69 Å². The smallest absolute Gasteiger partial charge is 0.255 e. The molecule has 2 aromatic rings. The summed E-state index contributed by atoms with van der Waals surface area (Å²) >= 11 is 0. The molecule has 19 heavy (non-hydrogen) atoms. The highest BCUT2D eigenvalue weighted by Gasteiger charge is 2.13. The van der Waals surface area contributed by atoms with E-state index in [4.69, 9.17) is 5.73 Å². The first-order valence-corrected chi connectivity index (χ1v) is 6.25. The Morgan fingerprint density at radius 3 is 2.95 bits per heavy atom. The number of hydrogen-bond donors (Lipinski definition) is 2. The molecular formula is C14H18N4O. The molecule has 0 aliphatic carbocycles. The lowest BCUT2D eigenvalue weighted by Gasteiger charge is -2.05. The van der Waals surface area contributed by atoms with Crippen LogP contribution in [0.25, 0.3) is 0 Å². The van der Waals surface area contributed by atoms with Crippen LogP contribution in [-0.4, -0.2) is 15.7 Å². The van der Waals surface area contributed by atoms with Crippen LogP contribution in [0.1, 0.15) is 28.5 Å². The van der Waals surface area contributed by atoms with Crippen molar-refractivity contribution in [2.24, 2.45) is 7.05 Å². The van der Waals surface area contributed by atoms with Gasteiger partial charge in [0, 0.05) is 25.5 Å². The van der Waals surface area contributed by atoms with Gasteiger partial charge in [0.15, 0.2) is 0 Å². The van der Waals surface area contributed by atoms with Gasteiger partial charge in [0.1, 0.15) is 0 Å². The van der Waals surface area contributed by atoms with Gasteiger partial charge in [-0.05, 0) is 24.1 Å². The van der Waals surface area contributed by atoms with Crippen LogP contribution < -0.4 is 11.1 Å². The Bertz CT molecular complexity index is 589. The number of rotatable bonds is 4. The lowest BCUT2D eigenvalue weighted by molar-refractivity contribution is 0.0950. The normalized spacial score (nSPS) is 10.4. The predicted molar refractivity (Wildman–Crippen MR) is 74.6 cm³/mol. The molecule has 0 fully saturated rings. The maximum Gasteiger partial charge on any atom is 0.255 e. The minimum Gasteiger partial charge on any atom is -0.399 e. The average Bonchev–Trinajstić information content (AvgIpc) is 2.77. The molecule has 0 bridgehead atoms. The highest BCUT2D eigenvalue weighted by molar-refractivity contribution is 5.95. The number of nitrogens with one attached hydrogen (secondary N) is 1. The van der Waals surface area contributed by atoms with Crippen LogP contribution in [-0.2, 0) is 20.0 Å². The van der Waals surface area contributed by atoms with Gasteiger partial charge in [0.2, 0.25) is 0 Å². The Morgan fingerprint density at radius 2 is 2.26 bits per heavy atom. The van der Waals surface area contributed by atoms with Crippen molar-refractivity contribution in [1.29, 1.82) is 0 Å². The molecule has 5 nitrogen and oxygen atoms in total. The highest BCUT2D eigenvalue weighted by atomic mass is 16.1. The zero-order valence-electron chi connectivity index (χ0n) is 11.2. The molecule has 0 atom stereocenters. The van der Waals surface area contributed by atoms with Crippen molar-refractivity contribution in [2.75, 3.05) is 5.73 Å². The highest BCUT2D eigenvalue weighted by Crippen LogP contribution is 2.09. The van der Waals surface area contributed by atoms with Crippen LogP contribution in [0, 0.1) is 0 Å². The number of anilines is 1. The Morgan fingerprint density at radius 1 is 1.47 bits per heavy atom. The first-order valence-electron chi connectivity index (χ1n) is 6.25. The zero-order chi connectivity index (χ0) is 13.8. The summed E-state index contributed by atoms with van der Waals surface area (Å²) in [5.41, 5.74) is 8.82. The van der Waals surface area contributed by atoms with E-state index >= 15 is 0 Å². The van der Waals surface area contributed by atoms with Crippen molar-refractivity contribution in [3.63, 3.8) is 0 Å². The van der Waals surface area contributed by atoms with E-state index in [1.54, 1.807) is 10.9 Å². The van der Waals surface area contributed by atoms with Crippen molar-refractivity contribution in [1.82, 2.24) is 15.1 Å². The minimum absolute atomic E-state index is 0.104. The first kappa shape index (κ1) is 13.1. The third-order valence-corrected chi connectivity index (χ3v) is 2.89. The second-order valence-electron chi connectivity index (χ2n) is 4.44. The summed E-state index contributed by atoms with van der Waals surface area (Å²) in [6.45, 7) is 2.44. The largest absolute Gasteiger partial charge is 0.399 e. The number of carbonyl (C=O) groups excluding carboxylic acids is 1. The fourth-order valence-electron chi connectivity index (χ4n) is 1.97. The van der Waals surface area contributed by atoms with Crippen LogP contribution in [0.2, 0.25) is 0 Å². The fourth-order valence-corrected chi connectivity index (χ4v) is 1.97. The van der Waals surface area contributed by atoms with Gasteiger partial charge in [0.25, 0.3) is 5.91 Å². The second kappa shape index (κ2) is 5.56. The minimum atomic E-state index is -0.104. The van der Waals surface area contributed by atoms with Gasteiger partial charge in [-0.3, -0.25) is 9.48 Å². The molecule has 5 heteroatoms. The lowest BCUT2D eigenvalue weighted by atomic mass is 10.1. The monoisotopic (exact) mass is 258 g/mol. The molecular weight excluding hydrogens is 240 g/mol. The van der Waals surface area contributed by atoms with E-state index in [0.29, 0.717) is 17.8 Å². The number of benzene rings is 1. The van der Waals surface area contributed by atoms with Crippen molar-refractivity contribution in [2.45, 2.75) is 19.9 Å². The molecule has 1 heterocycles. The molecule has 0 saturated heterocycles. The van der Waals surface area contributed by atoms with Gasteiger partial charge in [0.05, 0.1) is 11.3 Å². The van der Waals surface area contributed by atoms with Gasteiger partial charge in [-0.15, -0.1) is 0 Å². The topological polar surface area (TPSA) is 72.9 Å². The number of hydrogen-bond acceptors (Lipinski definition) is 3. The lowest BCUT2D eigenvalue weighted by Crippen LogP contribution is -2.23. The van der Waals surface area contributed by atoms with E-state index in [0.717, 1.165) is 17.7 Å². The van der Waals surface area contributed by atoms with E-state index in [1.807, 2.05) is 38.2 Å². The number of nitrogens with zero attached hydrogens (tertiary/aromatic N) is 2. The number of aromatic nitrogens is 2. The Kier molecular flexibility index (Phi) is 3.85. The van der Waals surface area contributed by atoms with Gasteiger partial charge in [-0.25, -0.2) is 0 Å². The molecule has 1 amide bonds. The summed E-state index contributed by atoms with van der Waals surface area (Å²) in [5.74, 6) is -0.104. The summed E-state index contributed by atoms with van der Waals surface area (Å²) in [7, 11) is 1.81. The van der Waals surface area contributed by atoms with Gasteiger partial charge >= 0.3 is 0 Å². The number of amides is 1. The van der Waals surface area contributed by atoms with Crippen molar-refractivity contribution < 1.29 is 4.79 Å². The van der Waals surface area contributed by atoms with E-state index in [1.165, 1.54) is 0 Å². The maximum absolute atomic E-state index is 12.1. The van der Waals surface area contributed by atoms with Crippen molar-refractivity contribution in [3.8, 4) is 0 Å². The van der Waals surface area contributed by atoms with Crippen LogP contribution >= 0.6 is 0 Å². The molecule has 0 radical (unpaired) electrons. The average molecular weight is 258 g/mol. The van der Waals surface area contributed by atoms with Gasteiger partial charge in [-0.1, -0.05) is 19.1 Å². The van der Waals surface area contributed by atoms with Gasteiger partial charge < -0.3 is 11.1 Å². The Labute approximate surface area is 112 Å². The summed E-state index contributed by atoms with van der Waals surface area (Å²) in [5, 5.41) is 7.14. The summed E-state index contributed by atoms with van der Waals surface area (Å²) in [4.78, 5) is 12.1. The Hall–Kier alpha value is -2.30. The van der Waals surface area contributed by atoms with E-state index in [9.17, 15) is 4.79 Å². The number of nitrogens with two attached hydrogens (primary N) is 1. The first-order chi connectivity index (χ1) is 9.10. The molecule has 3 N–H and O–H groups in total. The summed E-state index contributed by atoms with van der Waals surface area (Å²) in [6, 6.07) is 7.48. The predicted octanol–water partition coefficient (Wildman–Crippen LogP) is 1.49. The number of aryl methyl sites for hydroxylation is 2. The van der Waals surface area contributed by atoms with E-state index < -0.39 is 0 Å². The quantitative estimate of drug-likeness (QED) is 0.816. The molecule has 0 aliphatic heterocycles. The molecule has 0 saturated carbocycles. The van der Waals surface area contributed by atoms with Crippen LogP contribution in [0.3, 0.4) is 0 Å². The van der Waals surface area contributed by atoms with Crippen molar-refractivity contribution >= 4 is 11.6 Å². The molecule has 1 aromatic heterocycles. The second-order valence-corrected chi connectivity index (χ2v) is 4.44. The maximum atomic E-state index is 12.1. The summed E-state index contributed by atoms with van der Waals surface area (Å²) < 4.78 is 1.66. The van der Waals surface area contributed by atoms with Crippen LogP contribution in [0.5, 0.6) is 0 Å². The number of carbonyl (C=O) groups is 1. The van der Waals surface area contributed by atoms with Gasteiger partial charge in [-0.2, -0.15) is 5.10 Å². The number of nitrogen functional groups attached to an aromatic ring is 1. The third kappa shape index (κ3) is 3.13. The molecule has 0 aliphatic rings. The molecule has 2 rings (SSSR count). The third-order valence-electron chi connectivity index (χ3n) is 2.89. The Balaban J connectivity index is 2.05. The van der Waals surface area contributed by atoms with Crippen LogP contribution in [0.15, 0.2) is 30.5 Å².